The third-order valence-corrected chi connectivity index (χ3v) is 4.58. The van der Waals surface area contributed by atoms with E-state index in [-0.39, 0.29) is 5.91 Å². The van der Waals surface area contributed by atoms with Gasteiger partial charge in [0.25, 0.3) is 0 Å². The highest BCUT2D eigenvalue weighted by Crippen LogP contribution is 2.22. The number of nitrogens with one attached hydrogen (secondary N) is 1. The number of hydrogen-bond donors (Lipinski definition) is 1. The molecule has 1 aliphatic heterocycles. The van der Waals surface area contributed by atoms with E-state index in [0.717, 1.165) is 43.7 Å². The van der Waals surface area contributed by atoms with E-state index in [4.69, 9.17) is 11.6 Å². The van der Waals surface area contributed by atoms with Gasteiger partial charge in [0.1, 0.15) is 5.15 Å². The van der Waals surface area contributed by atoms with Crippen LogP contribution in [0.2, 0.25) is 5.15 Å². The average molecular weight is 339 g/mol. The first-order valence-corrected chi connectivity index (χ1v) is 8.67. The number of carbonyl (C=O) groups is 1. The zero-order valence-electron chi connectivity index (χ0n) is 14.5. The first-order chi connectivity index (χ1) is 10.9. The Morgan fingerprint density at radius 1 is 1.52 bits per heavy atom. The molecule has 1 aliphatic rings. The Bertz CT molecular complexity index is 579. The van der Waals surface area contributed by atoms with Gasteiger partial charge in [0.05, 0.1) is 5.69 Å². The first-order valence-electron chi connectivity index (χ1n) is 8.29. The standard InChI is InChI=1S/C17H27ClN4O/c1-12(2)10-22-17(18)15(13(3)20-22)7-8-16(23)21-9-5-6-14(11-21)19-4/h7-8,12,14,19H,5-6,9-11H2,1-4H3/b8-7+. The summed E-state index contributed by atoms with van der Waals surface area (Å²) in [6.45, 7) is 8.53. The van der Waals surface area contributed by atoms with Crippen LogP contribution in [0.4, 0.5) is 0 Å². The number of piperidine rings is 1. The minimum Gasteiger partial charge on any atom is -0.338 e. The van der Waals surface area contributed by atoms with Crippen LogP contribution in [0.25, 0.3) is 6.08 Å². The second-order valence-electron chi connectivity index (χ2n) is 6.61. The van der Waals surface area contributed by atoms with Gasteiger partial charge in [-0.2, -0.15) is 5.10 Å². The second-order valence-corrected chi connectivity index (χ2v) is 6.97. The molecule has 1 aromatic heterocycles. The minimum atomic E-state index is 0.0389. The Kier molecular flexibility index (Phi) is 6.25. The van der Waals surface area contributed by atoms with Crippen LogP contribution in [-0.2, 0) is 11.3 Å². The van der Waals surface area contributed by atoms with Gasteiger partial charge in [0.2, 0.25) is 5.91 Å². The van der Waals surface area contributed by atoms with E-state index in [2.05, 4.69) is 24.3 Å². The molecule has 0 aliphatic carbocycles. The molecule has 1 saturated heterocycles. The van der Waals surface area contributed by atoms with Crippen molar-refractivity contribution in [2.45, 2.75) is 46.2 Å². The van der Waals surface area contributed by atoms with Crippen molar-refractivity contribution in [2.75, 3.05) is 20.1 Å². The molecule has 1 amide bonds. The van der Waals surface area contributed by atoms with Crippen LogP contribution < -0.4 is 5.32 Å². The van der Waals surface area contributed by atoms with E-state index in [9.17, 15) is 4.79 Å². The summed E-state index contributed by atoms with van der Waals surface area (Å²) in [6, 6.07) is 0.389. The van der Waals surface area contributed by atoms with E-state index in [1.165, 1.54) is 0 Å². The number of halogens is 1. The van der Waals surface area contributed by atoms with Gasteiger partial charge in [-0.1, -0.05) is 25.4 Å². The minimum absolute atomic E-state index is 0.0389. The van der Waals surface area contributed by atoms with Crippen molar-refractivity contribution in [1.29, 1.82) is 0 Å². The molecule has 0 saturated carbocycles. The van der Waals surface area contributed by atoms with E-state index in [0.29, 0.717) is 17.1 Å². The number of hydrogen-bond acceptors (Lipinski definition) is 3. The van der Waals surface area contributed by atoms with Crippen LogP contribution in [0, 0.1) is 12.8 Å². The molecule has 2 rings (SSSR count). The van der Waals surface area contributed by atoms with Crippen molar-refractivity contribution in [3.05, 3.63) is 22.5 Å². The molecule has 1 fully saturated rings. The average Bonchev–Trinajstić information content (AvgIpc) is 2.78. The highest BCUT2D eigenvalue weighted by atomic mass is 35.5. The van der Waals surface area contributed by atoms with Crippen molar-refractivity contribution in [1.82, 2.24) is 20.0 Å². The molecule has 0 radical (unpaired) electrons. The number of likely N-dealkylation sites (N-methyl/N-ethyl adjacent to an activating group) is 1. The van der Waals surface area contributed by atoms with Crippen LogP contribution in [0.5, 0.6) is 0 Å². The number of aryl methyl sites for hydroxylation is 1. The molecule has 1 aromatic rings. The molecule has 1 unspecified atom stereocenters. The van der Waals surface area contributed by atoms with E-state index in [1.807, 2.05) is 23.6 Å². The lowest BCUT2D eigenvalue weighted by molar-refractivity contribution is -0.127. The Labute approximate surface area is 143 Å². The Morgan fingerprint density at radius 3 is 2.91 bits per heavy atom. The number of nitrogens with zero attached hydrogens (tertiary/aromatic N) is 3. The lowest BCUT2D eigenvalue weighted by Gasteiger charge is -2.31. The number of likely N-dealkylation sites (tertiary alicyclic amines) is 1. The largest absolute Gasteiger partial charge is 0.338 e. The number of aromatic nitrogens is 2. The molecule has 128 valence electrons. The molecule has 6 heteroatoms. The summed E-state index contributed by atoms with van der Waals surface area (Å²) in [5, 5.41) is 8.32. The maximum Gasteiger partial charge on any atom is 0.246 e. The van der Waals surface area contributed by atoms with Crippen molar-refractivity contribution in [2.24, 2.45) is 5.92 Å². The van der Waals surface area contributed by atoms with Crippen LogP contribution in [0.1, 0.15) is 37.9 Å². The van der Waals surface area contributed by atoms with Gasteiger partial charge >= 0.3 is 0 Å². The van der Waals surface area contributed by atoms with E-state index >= 15 is 0 Å². The molecule has 1 atom stereocenters. The third-order valence-electron chi connectivity index (χ3n) is 4.18. The number of amides is 1. The SMILES string of the molecule is CNC1CCCN(C(=O)/C=C/c2c(C)nn(CC(C)C)c2Cl)C1. The molecule has 2 heterocycles. The first kappa shape index (κ1) is 18.0. The van der Waals surface area contributed by atoms with Gasteiger partial charge in [-0.15, -0.1) is 0 Å². The van der Waals surface area contributed by atoms with Gasteiger partial charge in [-0.05, 0) is 38.8 Å². The Hall–Kier alpha value is -1.33. The Balaban J connectivity index is 2.07. The molecular formula is C17H27ClN4O. The summed E-state index contributed by atoms with van der Waals surface area (Å²) in [5.41, 5.74) is 1.69. The summed E-state index contributed by atoms with van der Waals surface area (Å²) >= 11 is 6.40. The predicted molar refractivity (Wildman–Crippen MR) is 94.5 cm³/mol. The summed E-state index contributed by atoms with van der Waals surface area (Å²) in [4.78, 5) is 14.3. The van der Waals surface area contributed by atoms with Crippen molar-refractivity contribution in [3.8, 4) is 0 Å². The van der Waals surface area contributed by atoms with Gasteiger partial charge in [0, 0.05) is 37.3 Å². The number of rotatable bonds is 5. The topological polar surface area (TPSA) is 50.2 Å². The zero-order chi connectivity index (χ0) is 17.0. The maximum absolute atomic E-state index is 12.4. The lowest BCUT2D eigenvalue weighted by Crippen LogP contribution is -2.46. The lowest BCUT2D eigenvalue weighted by atomic mass is 10.1. The van der Waals surface area contributed by atoms with Crippen molar-refractivity contribution < 1.29 is 4.79 Å². The third kappa shape index (κ3) is 4.58. The molecule has 23 heavy (non-hydrogen) atoms. The second kappa shape index (κ2) is 7.97. The fourth-order valence-corrected chi connectivity index (χ4v) is 3.20. The fraction of sp³-hybridized carbons (Fsp3) is 0.647. The summed E-state index contributed by atoms with van der Waals surface area (Å²) < 4.78 is 1.81. The van der Waals surface area contributed by atoms with Crippen LogP contribution >= 0.6 is 11.6 Å². The Morgan fingerprint density at radius 2 is 2.26 bits per heavy atom. The van der Waals surface area contributed by atoms with Crippen LogP contribution in [0.3, 0.4) is 0 Å². The van der Waals surface area contributed by atoms with E-state index in [1.54, 1.807) is 12.2 Å². The molecular weight excluding hydrogens is 312 g/mol. The monoisotopic (exact) mass is 338 g/mol. The normalized spacial score (nSPS) is 19.0. The zero-order valence-corrected chi connectivity index (χ0v) is 15.2. The maximum atomic E-state index is 12.4. The smallest absolute Gasteiger partial charge is 0.246 e. The highest BCUT2D eigenvalue weighted by Gasteiger charge is 2.21. The van der Waals surface area contributed by atoms with Crippen molar-refractivity contribution in [3.63, 3.8) is 0 Å². The molecule has 5 nitrogen and oxygen atoms in total. The van der Waals surface area contributed by atoms with Crippen molar-refractivity contribution >= 4 is 23.6 Å². The molecule has 0 aromatic carbocycles. The van der Waals surface area contributed by atoms with E-state index < -0.39 is 0 Å². The summed E-state index contributed by atoms with van der Waals surface area (Å²) in [7, 11) is 1.95. The van der Waals surface area contributed by atoms with Gasteiger partial charge in [-0.3, -0.25) is 9.48 Å². The summed E-state index contributed by atoms with van der Waals surface area (Å²) in [6.07, 6.45) is 5.58. The van der Waals surface area contributed by atoms with Crippen LogP contribution in [0.15, 0.2) is 6.08 Å². The fourth-order valence-electron chi connectivity index (χ4n) is 2.90. The quantitative estimate of drug-likeness (QED) is 0.840. The van der Waals surface area contributed by atoms with Gasteiger partial charge in [0.15, 0.2) is 0 Å². The highest BCUT2D eigenvalue weighted by molar-refractivity contribution is 6.31. The number of carbonyl (C=O) groups excluding carboxylic acids is 1. The molecule has 0 bridgehead atoms. The molecule has 1 N–H and O–H groups in total. The summed E-state index contributed by atoms with van der Waals surface area (Å²) in [5.74, 6) is 0.508. The molecule has 0 spiro atoms. The predicted octanol–water partition coefficient (Wildman–Crippen LogP) is 2.72. The van der Waals surface area contributed by atoms with Crippen LogP contribution in [-0.4, -0.2) is 46.8 Å². The van der Waals surface area contributed by atoms with Gasteiger partial charge < -0.3 is 10.2 Å². The van der Waals surface area contributed by atoms with Gasteiger partial charge in [-0.25, -0.2) is 0 Å².